The van der Waals surface area contributed by atoms with Crippen molar-refractivity contribution < 1.29 is 69.7 Å². The fourth-order valence-corrected chi connectivity index (χ4v) is 2.92. The molecule has 0 saturated carbocycles. The van der Waals surface area contributed by atoms with Crippen LogP contribution in [0.5, 0.6) is 0 Å². The number of aliphatic hydroxyl groups is 8. The van der Waals surface area contributed by atoms with Crippen LogP contribution in [0.4, 0.5) is 0 Å². The molecule has 11 atom stereocenters. The highest BCUT2D eigenvalue weighted by Gasteiger charge is 2.50. The maximum absolute atomic E-state index is 10.6. The van der Waals surface area contributed by atoms with Gasteiger partial charge in [0, 0.05) is 0 Å². The van der Waals surface area contributed by atoms with E-state index in [2.05, 4.69) is 0 Å². The quantitative estimate of drug-likeness (QED) is 0.174. The topological polar surface area (TPSA) is 236 Å². The molecule has 0 bridgehead atoms. The van der Waals surface area contributed by atoms with Gasteiger partial charge in [0.05, 0.1) is 19.8 Å². The molecule has 1 unspecified atom stereocenters. The molecular formula is C15H26O14. The third kappa shape index (κ3) is 5.57. The van der Waals surface area contributed by atoms with E-state index >= 15 is 0 Å². The van der Waals surface area contributed by atoms with E-state index in [-0.39, 0.29) is 0 Å². The third-order valence-corrected chi connectivity index (χ3v) is 4.64. The number of carboxylic acids is 1. The monoisotopic (exact) mass is 430 g/mol. The van der Waals surface area contributed by atoms with Gasteiger partial charge in [-0.15, -0.1) is 0 Å². The average molecular weight is 430 g/mol. The Kier molecular flexibility index (Phi) is 8.65. The van der Waals surface area contributed by atoms with Crippen LogP contribution < -0.4 is 0 Å². The zero-order chi connectivity index (χ0) is 21.9. The molecule has 0 aliphatic carbocycles. The van der Waals surface area contributed by atoms with Crippen molar-refractivity contribution in [3.05, 3.63) is 0 Å². The van der Waals surface area contributed by atoms with Crippen molar-refractivity contribution in [3.8, 4) is 0 Å². The first-order chi connectivity index (χ1) is 13.6. The minimum Gasteiger partial charge on any atom is -0.479 e. The smallest absolute Gasteiger partial charge is 0.334 e. The van der Waals surface area contributed by atoms with E-state index in [4.69, 9.17) is 29.2 Å². The van der Waals surface area contributed by atoms with Gasteiger partial charge in [-0.05, 0) is 0 Å². The largest absolute Gasteiger partial charge is 0.479 e. The summed E-state index contributed by atoms with van der Waals surface area (Å²) in [6, 6.07) is 0. The Morgan fingerprint density at radius 2 is 1.55 bits per heavy atom. The average Bonchev–Trinajstić information content (AvgIpc) is 2.69. The molecule has 2 saturated heterocycles. The normalized spacial score (nSPS) is 44.4. The molecule has 0 aromatic heterocycles. The highest BCUT2D eigenvalue weighted by Crippen LogP contribution is 2.28. The van der Waals surface area contributed by atoms with E-state index < -0.39 is 93.3 Å². The van der Waals surface area contributed by atoms with Crippen molar-refractivity contribution in [2.24, 2.45) is 0 Å². The Labute approximate surface area is 164 Å². The van der Waals surface area contributed by atoms with E-state index in [0.717, 1.165) is 0 Å². The highest BCUT2D eigenvalue weighted by molar-refractivity contribution is 5.71. The molecule has 2 fully saturated rings. The Balaban J connectivity index is 2.03. The SMILES string of the molecule is O=C(O)C(O)COC[C@H]1O[C@@H](O[C@H]2[C@H](O)[C@@H](O)[C@@H](O)O[C@@H]2CO)[C@H](O)[C@@H](O)[C@H]1O. The van der Waals surface area contributed by atoms with Gasteiger partial charge in [-0.2, -0.15) is 0 Å². The van der Waals surface area contributed by atoms with E-state index in [1.54, 1.807) is 0 Å². The molecule has 170 valence electrons. The lowest BCUT2D eigenvalue weighted by Gasteiger charge is -2.45. The van der Waals surface area contributed by atoms with Gasteiger partial charge in [0.15, 0.2) is 18.7 Å². The van der Waals surface area contributed by atoms with Crippen LogP contribution in [0.3, 0.4) is 0 Å². The Bertz CT molecular complexity index is 531. The molecule has 0 radical (unpaired) electrons. The van der Waals surface area contributed by atoms with Gasteiger partial charge in [0.2, 0.25) is 0 Å². The van der Waals surface area contributed by atoms with Crippen LogP contribution in [-0.4, -0.2) is 139 Å². The van der Waals surface area contributed by atoms with Crippen LogP contribution >= 0.6 is 0 Å². The number of ether oxygens (including phenoxy) is 4. The van der Waals surface area contributed by atoms with Crippen LogP contribution in [0.2, 0.25) is 0 Å². The van der Waals surface area contributed by atoms with Crippen LogP contribution in [-0.2, 0) is 23.7 Å². The molecule has 2 rings (SSSR count). The second-order valence-electron chi connectivity index (χ2n) is 6.74. The first-order valence-electron chi connectivity index (χ1n) is 8.72. The zero-order valence-electron chi connectivity index (χ0n) is 15.0. The summed E-state index contributed by atoms with van der Waals surface area (Å²) >= 11 is 0. The van der Waals surface area contributed by atoms with Crippen LogP contribution in [0.1, 0.15) is 0 Å². The van der Waals surface area contributed by atoms with E-state index in [1.165, 1.54) is 0 Å². The summed E-state index contributed by atoms with van der Waals surface area (Å²) in [5, 5.41) is 86.5. The van der Waals surface area contributed by atoms with E-state index in [9.17, 15) is 40.5 Å². The molecule has 0 spiro atoms. The van der Waals surface area contributed by atoms with Crippen molar-refractivity contribution in [2.75, 3.05) is 19.8 Å². The number of carbonyl (C=O) groups is 1. The third-order valence-electron chi connectivity index (χ3n) is 4.64. The fraction of sp³-hybridized carbons (Fsp3) is 0.933. The predicted molar refractivity (Wildman–Crippen MR) is 86.0 cm³/mol. The summed E-state index contributed by atoms with van der Waals surface area (Å²) < 4.78 is 20.5. The van der Waals surface area contributed by atoms with Gasteiger partial charge in [-0.1, -0.05) is 0 Å². The molecule has 0 aromatic carbocycles. The number of rotatable bonds is 8. The van der Waals surface area contributed by atoms with Gasteiger partial charge in [0.25, 0.3) is 0 Å². The summed E-state index contributed by atoms with van der Waals surface area (Å²) in [5.41, 5.74) is 0. The molecule has 0 amide bonds. The molecule has 14 nitrogen and oxygen atoms in total. The molecule has 2 heterocycles. The Morgan fingerprint density at radius 3 is 2.14 bits per heavy atom. The molecule has 14 heteroatoms. The van der Waals surface area contributed by atoms with E-state index in [0.29, 0.717) is 0 Å². The molecule has 0 aromatic rings. The van der Waals surface area contributed by atoms with Gasteiger partial charge >= 0.3 is 5.97 Å². The summed E-state index contributed by atoms with van der Waals surface area (Å²) in [5.74, 6) is -1.53. The van der Waals surface area contributed by atoms with Crippen LogP contribution in [0.15, 0.2) is 0 Å². The molecule has 9 N–H and O–H groups in total. The summed E-state index contributed by atoms with van der Waals surface area (Å²) in [6.07, 6.45) is -18.3. The van der Waals surface area contributed by atoms with Crippen molar-refractivity contribution in [3.63, 3.8) is 0 Å². The molecule has 29 heavy (non-hydrogen) atoms. The number of carboxylic acid groups (broad SMARTS) is 1. The Morgan fingerprint density at radius 1 is 0.897 bits per heavy atom. The first-order valence-corrected chi connectivity index (χ1v) is 8.72. The summed E-state index contributed by atoms with van der Waals surface area (Å²) in [7, 11) is 0. The summed E-state index contributed by atoms with van der Waals surface area (Å²) in [6.45, 7) is -1.87. The van der Waals surface area contributed by atoms with Gasteiger partial charge < -0.3 is 64.9 Å². The highest BCUT2D eigenvalue weighted by atomic mass is 16.7. The molecular weight excluding hydrogens is 404 g/mol. The van der Waals surface area contributed by atoms with Crippen LogP contribution in [0, 0.1) is 0 Å². The second-order valence-corrected chi connectivity index (χ2v) is 6.74. The number of hydrogen-bond donors (Lipinski definition) is 9. The second kappa shape index (κ2) is 10.3. The molecule has 2 aliphatic heterocycles. The van der Waals surface area contributed by atoms with Gasteiger partial charge in [0.1, 0.15) is 48.8 Å². The predicted octanol–water partition coefficient (Wildman–Crippen LogP) is -5.93. The standard InChI is InChI=1S/C15H26O14/c16-1-5-12(9(20)10(21)14(25)27-5)29-15-11(22)8(19)7(18)6(28-15)3-26-2-4(17)13(23)24/h4-12,14-22,25H,1-3H2,(H,23,24)/t4?,5-,6-,7+,8+,9-,10-,11-,12-,14+,15+/m1/s1. The van der Waals surface area contributed by atoms with E-state index in [1.807, 2.05) is 0 Å². The minimum absolute atomic E-state index is 0.496. The molecule has 2 aliphatic rings. The minimum atomic E-state index is -1.83. The van der Waals surface area contributed by atoms with Crippen molar-refractivity contribution >= 4 is 5.97 Å². The first kappa shape index (κ1) is 24.3. The van der Waals surface area contributed by atoms with Gasteiger partial charge in [-0.25, -0.2) is 4.79 Å². The summed E-state index contributed by atoms with van der Waals surface area (Å²) in [4.78, 5) is 10.6. The Hall–Kier alpha value is -1.01. The lowest BCUT2D eigenvalue weighted by Crippen LogP contribution is -2.64. The number of aliphatic carboxylic acids is 1. The fourth-order valence-electron chi connectivity index (χ4n) is 2.92. The van der Waals surface area contributed by atoms with Gasteiger partial charge in [-0.3, -0.25) is 0 Å². The number of aliphatic hydroxyl groups excluding tert-OH is 8. The zero-order valence-corrected chi connectivity index (χ0v) is 15.0. The van der Waals surface area contributed by atoms with Crippen molar-refractivity contribution in [1.82, 2.24) is 0 Å². The lowest BCUT2D eigenvalue weighted by molar-refractivity contribution is -0.356. The maximum Gasteiger partial charge on any atom is 0.334 e. The van der Waals surface area contributed by atoms with Crippen molar-refractivity contribution in [2.45, 2.75) is 67.5 Å². The lowest BCUT2D eigenvalue weighted by atomic mass is 9.97. The van der Waals surface area contributed by atoms with Crippen molar-refractivity contribution in [1.29, 1.82) is 0 Å². The number of hydrogen-bond acceptors (Lipinski definition) is 13. The maximum atomic E-state index is 10.6. The van der Waals surface area contributed by atoms with Crippen LogP contribution in [0.25, 0.3) is 0 Å².